The van der Waals surface area contributed by atoms with E-state index in [9.17, 15) is 66.7 Å². The van der Waals surface area contributed by atoms with Crippen LogP contribution in [-0.2, 0) is 0 Å². The zero-order valence-corrected chi connectivity index (χ0v) is 24.1. The summed E-state index contributed by atoms with van der Waals surface area (Å²) in [6.45, 7) is 0. The number of halogens is 8. The van der Waals surface area contributed by atoms with E-state index in [-0.39, 0.29) is 33.4 Å². The van der Waals surface area contributed by atoms with E-state index in [1.807, 2.05) is 0 Å². The first-order valence-corrected chi connectivity index (χ1v) is 13.3. The first-order chi connectivity index (χ1) is 23.6. The number of nitriles is 6. The minimum absolute atomic E-state index is 0.133. The molecule has 0 radical (unpaired) electrons. The van der Waals surface area contributed by atoms with Gasteiger partial charge in [-0.05, 0) is 81.9 Å². The molecule has 0 N–H and O–H groups in total. The zero-order valence-electron chi connectivity index (χ0n) is 24.1. The SMILES string of the molecule is N#CC(C#N)=C1c2cc(OC(F)(F)F)c(-c3cc(C#N)c(F)c(C#N)c3)cc2-c2cc(-c3cc(C#N)c(F)c(C#N)c3)c(OC(F)(F)F)cc21. The van der Waals surface area contributed by atoms with Gasteiger partial charge in [0, 0.05) is 16.7 Å². The van der Waals surface area contributed by atoms with Crippen molar-refractivity contribution >= 4 is 5.57 Å². The van der Waals surface area contributed by atoms with Gasteiger partial charge in [0.2, 0.25) is 0 Å². The molecule has 0 atom stereocenters. The first-order valence-electron chi connectivity index (χ1n) is 13.3. The van der Waals surface area contributed by atoms with Crippen LogP contribution in [0.1, 0.15) is 33.4 Å². The second kappa shape index (κ2) is 12.3. The van der Waals surface area contributed by atoms with Crippen LogP contribution in [0.25, 0.3) is 39.0 Å². The van der Waals surface area contributed by atoms with Gasteiger partial charge in [-0.2, -0.15) is 31.6 Å². The predicted octanol–water partition coefficient (Wildman–Crippen LogP) is 8.41. The molecular formula is C34H8F8N6O2. The van der Waals surface area contributed by atoms with Crippen molar-refractivity contribution < 1.29 is 44.6 Å². The maximum Gasteiger partial charge on any atom is 0.573 e. The minimum atomic E-state index is -5.39. The molecule has 5 rings (SSSR count). The molecule has 242 valence electrons. The molecule has 0 amide bonds. The molecule has 8 nitrogen and oxygen atoms in total. The van der Waals surface area contributed by atoms with Crippen LogP contribution in [0.15, 0.2) is 54.1 Å². The van der Waals surface area contributed by atoms with Gasteiger partial charge in [-0.15, -0.1) is 26.3 Å². The summed E-state index contributed by atoms with van der Waals surface area (Å²) in [5.74, 6) is -4.59. The molecular weight excluding hydrogens is 676 g/mol. The Morgan fingerprint density at radius 1 is 0.460 bits per heavy atom. The molecule has 4 aromatic carbocycles. The number of hydrogen-bond donors (Lipinski definition) is 0. The fraction of sp³-hybridized carbons (Fsp3) is 0.0588. The van der Waals surface area contributed by atoms with Crippen molar-refractivity contribution in [2.24, 2.45) is 0 Å². The Morgan fingerprint density at radius 2 is 0.780 bits per heavy atom. The topological polar surface area (TPSA) is 161 Å². The molecule has 0 aliphatic heterocycles. The largest absolute Gasteiger partial charge is 0.573 e. The molecule has 16 heteroatoms. The predicted molar refractivity (Wildman–Crippen MR) is 152 cm³/mol. The van der Waals surface area contributed by atoms with Crippen molar-refractivity contribution in [1.82, 2.24) is 0 Å². The molecule has 0 unspecified atom stereocenters. The average Bonchev–Trinajstić information content (AvgIpc) is 3.35. The molecule has 1 aliphatic rings. The van der Waals surface area contributed by atoms with Gasteiger partial charge in [0.15, 0.2) is 11.6 Å². The lowest BCUT2D eigenvalue weighted by molar-refractivity contribution is -0.275. The average molecular weight is 684 g/mol. The molecule has 0 heterocycles. The normalized spacial score (nSPS) is 11.4. The van der Waals surface area contributed by atoms with E-state index in [1.165, 1.54) is 24.3 Å². The highest BCUT2D eigenvalue weighted by atomic mass is 19.4. The highest BCUT2D eigenvalue weighted by molar-refractivity contribution is 6.07. The smallest absolute Gasteiger partial charge is 0.405 e. The van der Waals surface area contributed by atoms with E-state index in [0.29, 0.717) is 12.1 Å². The molecule has 0 fully saturated rings. The number of benzene rings is 4. The maximum atomic E-state index is 14.6. The molecule has 4 aromatic rings. The quantitative estimate of drug-likeness (QED) is 0.135. The summed E-state index contributed by atoms with van der Waals surface area (Å²) < 4.78 is 120. The fourth-order valence-electron chi connectivity index (χ4n) is 5.33. The Kier molecular flexibility index (Phi) is 8.37. The number of fused-ring (bicyclic) bond motifs is 3. The van der Waals surface area contributed by atoms with Gasteiger partial charge in [-0.25, -0.2) is 8.78 Å². The van der Waals surface area contributed by atoms with Gasteiger partial charge in [0.25, 0.3) is 0 Å². The number of ether oxygens (including phenoxy) is 2. The second-order valence-electron chi connectivity index (χ2n) is 10.1. The number of nitrogens with zero attached hydrogens (tertiary/aromatic N) is 6. The van der Waals surface area contributed by atoms with Crippen molar-refractivity contribution in [2.75, 3.05) is 0 Å². The highest BCUT2D eigenvalue weighted by Gasteiger charge is 2.38. The molecule has 0 bridgehead atoms. The molecule has 0 spiro atoms. The summed E-state index contributed by atoms with van der Waals surface area (Å²) in [4.78, 5) is 0. The van der Waals surface area contributed by atoms with Crippen LogP contribution in [0.2, 0.25) is 0 Å². The van der Waals surface area contributed by atoms with Crippen molar-refractivity contribution in [2.45, 2.75) is 12.7 Å². The van der Waals surface area contributed by atoms with Gasteiger partial charge >= 0.3 is 12.7 Å². The van der Waals surface area contributed by atoms with Crippen LogP contribution in [0.3, 0.4) is 0 Å². The van der Waals surface area contributed by atoms with Crippen molar-refractivity contribution in [3.63, 3.8) is 0 Å². The van der Waals surface area contributed by atoms with E-state index < -0.39 is 80.4 Å². The van der Waals surface area contributed by atoms with Crippen LogP contribution in [-0.4, -0.2) is 12.7 Å². The third-order valence-corrected chi connectivity index (χ3v) is 7.24. The zero-order chi connectivity index (χ0) is 36.7. The summed E-state index contributed by atoms with van der Waals surface area (Å²) in [6.07, 6.45) is -10.8. The third kappa shape index (κ3) is 6.05. The lowest BCUT2D eigenvalue weighted by Crippen LogP contribution is -2.18. The van der Waals surface area contributed by atoms with Crippen LogP contribution >= 0.6 is 0 Å². The molecule has 50 heavy (non-hydrogen) atoms. The van der Waals surface area contributed by atoms with Crippen LogP contribution in [0.4, 0.5) is 35.1 Å². The van der Waals surface area contributed by atoms with Crippen molar-refractivity contribution in [1.29, 1.82) is 31.6 Å². The lowest BCUT2D eigenvalue weighted by atomic mass is 9.93. The third-order valence-electron chi connectivity index (χ3n) is 7.24. The van der Waals surface area contributed by atoms with Gasteiger partial charge < -0.3 is 9.47 Å². The van der Waals surface area contributed by atoms with E-state index in [2.05, 4.69) is 9.47 Å². The molecule has 0 saturated carbocycles. The lowest BCUT2D eigenvalue weighted by Gasteiger charge is -2.17. The van der Waals surface area contributed by atoms with Gasteiger partial charge in [0.05, 0.1) is 22.3 Å². The number of allylic oxidation sites excluding steroid dienone is 1. The van der Waals surface area contributed by atoms with Gasteiger partial charge in [0.1, 0.15) is 53.5 Å². The standard InChI is InChI=1S/C34H8F8N6O2/c35-31-17(9-43)1-15(2-18(31)10-44)22-5-24-25-6-23(16-3-19(11-45)32(36)20(4-16)12-46)29(50-34(40,41)42)8-27(25)30(21(13-47)14-48)26(24)7-28(22)49-33(37,38)39/h1-8H. The summed E-state index contributed by atoms with van der Waals surface area (Å²) in [6, 6.07) is 15.7. The second-order valence-corrected chi connectivity index (χ2v) is 10.1. The van der Waals surface area contributed by atoms with E-state index in [4.69, 9.17) is 0 Å². The molecule has 0 saturated heterocycles. The van der Waals surface area contributed by atoms with Crippen molar-refractivity contribution in [3.05, 3.63) is 99.1 Å². The number of hydrogen-bond acceptors (Lipinski definition) is 8. The summed E-state index contributed by atoms with van der Waals surface area (Å²) in [7, 11) is 0. The van der Waals surface area contributed by atoms with Crippen LogP contribution in [0, 0.1) is 79.6 Å². The Morgan fingerprint density at radius 3 is 1.04 bits per heavy atom. The Balaban J connectivity index is 1.96. The van der Waals surface area contributed by atoms with E-state index in [0.717, 1.165) is 36.4 Å². The number of rotatable bonds is 4. The van der Waals surface area contributed by atoms with Gasteiger partial charge in [-0.1, -0.05) is 0 Å². The summed E-state index contributed by atoms with van der Waals surface area (Å²) >= 11 is 0. The number of alkyl halides is 6. The Hall–Kier alpha value is -7.40. The van der Waals surface area contributed by atoms with Crippen molar-refractivity contribution in [3.8, 4) is 81.3 Å². The van der Waals surface area contributed by atoms with E-state index >= 15 is 0 Å². The maximum absolute atomic E-state index is 14.6. The minimum Gasteiger partial charge on any atom is -0.405 e. The monoisotopic (exact) mass is 684 g/mol. The van der Waals surface area contributed by atoms with Gasteiger partial charge in [-0.3, -0.25) is 0 Å². The Labute approximate surface area is 274 Å². The van der Waals surface area contributed by atoms with Crippen LogP contribution in [0.5, 0.6) is 11.5 Å². The fourth-order valence-corrected chi connectivity index (χ4v) is 5.33. The first kappa shape index (κ1) is 33.9. The van der Waals surface area contributed by atoms with E-state index in [1.54, 1.807) is 12.1 Å². The molecule has 0 aromatic heterocycles. The van der Waals surface area contributed by atoms with Crippen LogP contribution < -0.4 is 9.47 Å². The summed E-state index contributed by atoms with van der Waals surface area (Å²) in [5, 5.41) is 57.1. The molecule has 1 aliphatic carbocycles. The highest BCUT2D eigenvalue weighted by Crippen LogP contribution is 2.53. The summed E-state index contributed by atoms with van der Waals surface area (Å²) in [5.41, 5.74) is -6.74. The Bertz CT molecular complexity index is 2220.